The molecule has 0 saturated heterocycles. The van der Waals surface area contributed by atoms with E-state index in [1.54, 1.807) is 23.1 Å². The van der Waals surface area contributed by atoms with Crippen LogP contribution in [-0.4, -0.2) is 16.2 Å². The molecule has 0 fully saturated rings. The van der Waals surface area contributed by atoms with Gasteiger partial charge < -0.3 is 5.32 Å². The third kappa shape index (κ3) is 2.96. The van der Waals surface area contributed by atoms with Crippen LogP contribution in [-0.2, 0) is 6.54 Å². The van der Waals surface area contributed by atoms with Gasteiger partial charge in [-0.25, -0.2) is 9.97 Å². The summed E-state index contributed by atoms with van der Waals surface area (Å²) in [6.45, 7) is 2.75. The molecule has 0 unspecified atom stereocenters. The molecule has 5 heteroatoms. The third-order valence-corrected chi connectivity index (χ3v) is 3.62. The van der Waals surface area contributed by atoms with Crippen LogP contribution in [0.4, 0.5) is 5.82 Å². The minimum atomic E-state index is 0.732. The first-order chi connectivity index (χ1) is 7.78. The Balaban J connectivity index is 1.94. The van der Waals surface area contributed by atoms with Crippen LogP contribution in [0.5, 0.6) is 0 Å². The van der Waals surface area contributed by atoms with Gasteiger partial charge in [-0.3, -0.25) is 0 Å². The van der Waals surface area contributed by atoms with Gasteiger partial charge in [0.15, 0.2) is 0 Å². The highest BCUT2D eigenvalue weighted by Crippen LogP contribution is 2.15. The van der Waals surface area contributed by atoms with Gasteiger partial charge in [-0.1, -0.05) is 0 Å². The SMILES string of the molecule is CSc1ccc(NCc2csc(C)n2)nc1. The number of thiazole rings is 1. The predicted octanol–water partition coefficient (Wildman–Crippen LogP) is 3.18. The van der Waals surface area contributed by atoms with Gasteiger partial charge in [0.1, 0.15) is 5.82 Å². The first-order valence-corrected chi connectivity index (χ1v) is 7.03. The third-order valence-electron chi connectivity index (χ3n) is 2.09. The van der Waals surface area contributed by atoms with Crippen LogP contribution in [0.2, 0.25) is 0 Å². The molecule has 0 atom stereocenters. The summed E-state index contributed by atoms with van der Waals surface area (Å²) < 4.78 is 0. The zero-order valence-electron chi connectivity index (χ0n) is 9.23. The van der Waals surface area contributed by atoms with Gasteiger partial charge in [0.2, 0.25) is 0 Å². The molecule has 3 nitrogen and oxygen atoms in total. The molecule has 0 aliphatic carbocycles. The number of rotatable bonds is 4. The average Bonchev–Trinajstić information content (AvgIpc) is 2.73. The highest BCUT2D eigenvalue weighted by Gasteiger charge is 1.99. The molecule has 1 N–H and O–H groups in total. The van der Waals surface area contributed by atoms with Gasteiger partial charge in [-0.05, 0) is 25.3 Å². The number of anilines is 1. The second-order valence-electron chi connectivity index (χ2n) is 3.29. The second kappa shape index (κ2) is 5.32. The van der Waals surface area contributed by atoms with E-state index in [-0.39, 0.29) is 0 Å². The van der Waals surface area contributed by atoms with Crippen molar-refractivity contribution in [2.24, 2.45) is 0 Å². The maximum Gasteiger partial charge on any atom is 0.126 e. The molecule has 0 aromatic carbocycles. The fourth-order valence-corrected chi connectivity index (χ4v) is 2.25. The summed E-state index contributed by atoms with van der Waals surface area (Å²) in [6, 6.07) is 4.05. The summed E-state index contributed by atoms with van der Waals surface area (Å²) in [6.07, 6.45) is 3.92. The topological polar surface area (TPSA) is 37.8 Å². The van der Waals surface area contributed by atoms with E-state index in [2.05, 4.69) is 26.7 Å². The first-order valence-electron chi connectivity index (χ1n) is 4.93. The Hall–Kier alpha value is -1.07. The van der Waals surface area contributed by atoms with Crippen molar-refractivity contribution in [2.45, 2.75) is 18.4 Å². The van der Waals surface area contributed by atoms with Gasteiger partial charge in [0.25, 0.3) is 0 Å². The number of hydrogen-bond acceptors (Lipinski definition) is 5. The Bertz CT molecular complexity index is 451. The molecule has 0 radical (unpaired) electrons. The van der Waals surface area contributed by atoms with Crippen molar-refractivity contribution in [1.29, 1.82) is 0 Å². The molecular weight excluding hydrogens is 238 g/mol. The van der Waals surface area contributed by atoms with Crippen LogP contribution in [0.3, 0.4) is 0 Å². The predicted molar refractivity (Wildman–Crippen MR) is 70.2 cm³/mol. The van der Waals surface area contributed by atoms with Crippen molar-refractivity contribution >= 4 is 28.9 Å². The molecule has 0 amide bonds. The molecule has 2 rings (SSSR count). The molecule has 0 spiro atoms. The zero-order chi connectivity index (χ0) is 11.4. The van der Waals surface area contributed by atoms with E-state index < -0.39 is 0 Å². The zero-order valence-corrected chi connectivity index (χ0v) is 10.9. The average molecular weight is 251 g/mol. The van der Waals surface area contributed by atoms with E-state index in [0.717, 1.165) is 23.1 Å². The van der Waals surface area contributed by atoms with Crippen molar-refractivity contribution in [3.8, 4) is 0 Å². The number of aromatic nitrogens is 2. The maximum absolute atomic E-state index is 4.38. The maximum atomic E-state index is 4.38. The molecule has 0 bridgehead atoms. The number of thioether (sulfide) groups is 1. The van der Waals surface area contributed by atoms with E-state index in [0.29, 0.717) is 0 Å². The summed E-state index contributed by atoms with van der Waals surface area (Å²) in [4.78, 5) is 9.87. The van der Waals surface area contributed by atoms with Gasteiger partial charge in [0.05, 0.1) is 17.2 Å². The Morgan fingerprint density at radius 2 is 2.31 bits per heavy atom. The Morgan fingerprint density at radius 3 is 2.88 bits per heavy atom. The molecule has 0 aliphatic heterocycles. The quantitative estimate of drug-likeness (QED) is 0.847. The Kier molecular flexibility index (Phi) is 3.79. The van der Waals surface area contributed by atoms with E-state index >= 15 is 0 Å². The lowest BCUT2D eigenvalue weighted by Crippen LogP contribution is -2.01. The Labute approximate surface area is 103 Å². The fourth-order valence-electron chi connectivity index (χ4n) is 1.28. The number of hydrogen-bond donors (Lipinski definition) is 1. The second-order valence-corrected chi connectivity index (χ2v) is 5.24. The molecule has 0 aliphatic rings. The number of nitrogens with zero attached hydrogens (tertiary/aromatic N) is 2. The van der Waals surface area contributed by atoms with E-state index in [4.69, 9.17) is 0 Å². The Morgan fingerprint density at radius 1 is 1.44 bits per heavy atom. The fraction of sp³-hybridized carbons (Fsp3) is 0.273. The smallest absolute Gasteiger partial charge is 0.126 e. The molecule has 2 aromatic rings. The van der Waals surface area contributed by atoms with Gasteiger partial charge >= 0.3 is 0 Å². The lowest BCUT2D eigenvalue weighted by atomic mass is 10.4. The lowest BCUT2D eigenvalue weighted by Gasteiger charge is -2.03. The molecule has 84 valence electrons. The summed E-state index contributed by atoms with van der Waals surface area (Å²) in [5.41, 5.74) is 1.07. The molecule has 2 heterocycles. The van der Waals surface area contributed by atoms with Crippen molar-refractivity contribution in [1.82, 2.24) is 9.97 Å². The highest BCUT2D eigenvalue weighted by atomic mass is 32.2. The van der Waals surface area contributed by atoms with Crippen LogP contribution in [0.1, 0.15) is 10.7 Å². The van der Waals surface area contributed by atoms with E-state index in [1.165, 1.54) is 4.90 Å². The summed E-state index contributed by atoms with van der Waals surface area (Å²) in [5.74, 6) is 0.892. The van der Waals surface area contributed by atoms with Crippen molar-refractivity contribution < 1.29 is 0 Å². The molecule has 16 heavy (non-hydrogen) atoms. The molecule has 2 aromatic heterocycles. The van der Waals surface area contributed by atoms with Crippen LogP contribution in [0, 0.1) is 6.92 Å². The monoisotopic (exact) mass is 251 g/mol. The van der Waals surface area contributed by atoms with Crippen molar-refractivity contribution in [2.75, 3.05) is 11.6 Å². The molecular formula is C11H13N3S2. The van der Waals surface area contributed by atoms with Gasteiger partial charge in [0, 0.05) is 16.5 Å². The summed E-state index contributed by atoms with van der Waals surface area (Å²) >= 11 is 3.37. The van der Waals surface area contributed by atoms with Crippen LogP contribution < -0.4 is 5.32 Å². The normalized spacial score (nSPS) is 10.4. The minimum absolute atomic E-state index is 0.732. The van der Waals surface area contributed by atoms with Gasteiger partial charge in [-0.15, -0.1) is 23.1 Å². The lowest BCUT2D eigenvalue weighted by molar-refractivity contribution is 1.03. The number of pyridine rings is 1. The van der Waals surface area contributed by atoms with Crippen molar-refractivity contribution in [3.05, 3.63) is 34.4 Å². The van der Waals surface area contributed by atoms with Crippen LogP contribution in [0.25, 0.3) is 0 Å². The van der Waals surface area contributed by atoms with Crippen molar-refractivity contribution in [3.63, 3.8) is 0 Å². The first kappa shape index (κ1) is 11.4. The largest absolute Gasteiger partial charge is 0.364 e. The standard InChI is InChI=1S/C11H13N3S2/c1-8-14-9(7-16-8)5-12-11-4-3-10(15-2)6-13-11/h3-4,6-7H,5H2,1-2H3,(H,12,13). The summed E-state index contributed by atoms with van der Waals surface area (Å²) in [7, 11) is 0. The van der Waals surface area contributed by atoms with Gasteiger partial charge in [-0.2, -0.15) is 0 Å². The molecule has 0 saturated carbocycles. The number of nitrogens with one attached hydrogen (secondary N) is 1. The van der Waals surface area contributed by atoms with E-state index in [1.807, 2.05) is 25.4 Å². The minimum Gasteiger partial charge on any atom is -0.364 e. The summed E-state index contributed by atoms with van der Waals surface area (Å²) in [5, 5.41) is 6.42. The number of aryl methyl sites for hydroxylation is 1. The highest BCUT2D eigenvalue weighted by molar-refractivity contribution is 7.98. The van der Waals surface area contributed by atoms with Crippen LogP contribution in [0.15, 0.2) is 28.6 Å². The van der Waals surface area contributed by atoms with E-state index in [9.17, 15) is 0 Å². The van der Waals surface area contributed by atoms with Crippen LogP contribution >= 0.6 is 23.1 Å².